The van der Waals surface area contributed by atoms with Gasteiger partial charge in [-0.2, -0.15) is 0 Å². The minimum Gasteiger partial charge on any atom is -0.494 e. The number of ether oxygens (including phenoxy) is 1. The van der Waals surface area contributed by atoms with Crippen LogP contribution in [0.3, 0.4) is 0 Å². The number of fused-ring (bicyclic) bond motifs is 1. The lowest BCUT2D eigenvalue weighted by Gasteiger charge is -2.11. The van der Waals surface area contributed by atoms with Crippen LogP contribution in [0.2, 0.25) is 0 Å². The van der Waals surface area contributed by atoms with Crippen molar-refractivity contribution in [3.05, 3.63) is 29.6 Å². The quantitative estimate of drug-likeness (QED) is 0.818. The number of carbonyl (C=O) groups excluding carboxylic acids is 1. The van der Waals surface area contributed by atoms with Gasteiger partial charge in [0.1, 0.15) is 5.78 Å². The minimum atomic E-state index is -0.392. The molecule has 2 aliphatic carbocycles. The summed E-state index contributed by atoms with van der Waals surface area (Å²) in [7, 11) is 1.44. The van der Waals surface area contributed by atoms with Crippen LogP contribution >= 0.6 is 0 Å². The third-order valence-corrected chi connectivity index (χ3v) is 4.29. The van der Waals surface area contributed by atoms with Gasteiger partial charge in [-0.25, -0.2) is 4.39 Å². The number of hydrogen-bond donors (Lipinski definition) is 0. The maximum absolute atomic E-state index is 13.5. The van der Waals surface area contributed by atoms with Gasteiger partial charge in [0.2, 0.25) is 0 Å². The minimum absolute atomic E-state index is 0.221. The molecule has 1 aromatic carbocycles. The molecule has 2 nitrogen and oxygen atoms in total. The molecule has 2 aliphatic rings. The van der Waals surface area contributed by atoms with E-state index in [1.165, 1.54) is 19.6 Å². The molecule has 0 amide bonds. The van der Waals surface area contributed by atoms with Crippen molar-refractivity contribution in [1.82, 2.24) is 0 Å². The predicted molar refractivity (Wildman–Crippen MR) is 66.0 cm³/mol. The molecule has 0 spiro atoms. The molecule has 96 valence electrons. The second kappa shape index (κ2) is 4.38. The molecule has 0 aromatic heterocycles. The molecular formula is C15H17FO2. The van der Waals surface area contributed by atoms with Gasteiger partial charge in [0, 0.05) is 12.3 Å². The third kappa shape index (κ3) is 2.14. The Hall–Kier alpha value is -1.38. The maximum Gasteiger partial charge on any atom is 0.165 e. The van der Waals surface area contributed by atoms with Crippen molar-refractivity contribution in [1.29, 1.82) is 0 Å². The Morgan fingerprint density at radius 1 is 1.33 bits per heavy atom. The summed E-state index contributed by atoms with van der Waals surface area (Å²) in [5.41, 5.74) is 0.749. The van der Waals surface area contributed by atoms with E-state index in [9.17, 15) is 9.18 Å². The first-order valence-corrected chi connectivity index (χ1v) is 6.52. The van der Waals surface area contributed by atoms with E-state index in [0.29, 0.717) is 6.42 Å². The summed E-state index contributed by atoms with van der Waals surface area (Å²) in [6.45, 7) is 0. The van der Waals surface area contributed by atoms with Crippen molar-refractivity contribution < 1.29 is 13.9 Å². The van der Waals surface area contributed by atoms with Crippen molar-refractivity contribution >= 4 is 5.78 Å². The molecule has 3 heteroatoms. The van der Waals surface area contributed by atoms with Gasteiger partial charge < -0.3 is 4.74 Å². The summed E-state index contributed by atoms with van der Waals surface area (Å²) >= 11 is 0. The second-order valence-corrected chi connectivity index (χ2v) is 5.54. The van der Waals surface area contributed by atoms with Gasteiger partial charge in [0.15, 0.2) is 11.6 Å². The third-order valence-electron chi connectivity index (χ3n) is 4.29. The van der Waals surface area contributed by atoms with Crippen molar-refractivity contribution in [2.75, 3.05) is 7.11 Å². The Morgan fingerprint density at radius 3 is 2.67 bits per heavy atom. The highest BCUT2D eigenvalue weighted by atomic mass is 19.1. The smallest absolute Gasteiger partial charge is 0.165 e. The van der Waals surface area contributed by atoms with E-state index >= 15 is 0 Å². The van der Waals surface area contributed by atoms with E-state index in [4.69, 9.17) is 4.74 Å². The number of carbonyl (C=O) groups is 1. The fraction of sp³-hybridized carbons (Fsp3) is 0.533. The summed E-state index contributed by atoms with van der Waals surface area (Å²) in [6.07, 6.45) is 3.79. The Balaban J connectivity index is 1.65. The Bertz CT molecular complexity index is 473. The van der Waals surface area contributed by atoms with Crippen LogP contribution in [0.4, 0.5) is 4.39 Å². The fourth-order valence-electron chi connectivity index (χ4n) is 3.14. The average molecular weight is 248 g/mol. The van der Waals surface area contributed by atoms with Crippen LogP contribution in [0.25, 0.3) is 0 Å². The van der Waals surface area contributed by atoms with Crippen molar-refractivity contribution in [2.24, 2.45) is 17.8 Å². The molecule has 2 fully saturated rings. The molecule has 1 aromatic rings. The number of hydrogen-bond acceptors (Lipinski definition) is 2. The van der Waals surface area contributed by atoms with Gasteiger partial charge in [-0.3, -0.25) is 4.79 Å². The van der Waals surface area contributed by atoms with Crippen LogP contribution in [-0.2, 0) is 11.2 Å². The standard InChI is InChI=1S/C15H17FO2/c1-18-15-3-2-9(4-13(15)16)5-14(17)12-7-10-6-11(10)8-12/h2-4,10-12H,5-8H2,1H3. The molecule has 2 atom stereocenters. The lowest BCUT2D eigenvalue weighted by Crippen LogP contribution is -2.15. The summed E-state index contributed by atoms with van der Waals surface area (Å²) < 4.78 is 18.4. The number of methoxy groups -OCH3 is 1. The van der Waals surface area contributed by atoms with Gasteiger partial charge >= 0.3 is 0 Å². The van der Waals surface area contributed by atoms with Crippen molar-refractivity contribution in [3.63, 3.8) is 0 Å². The lowest BCUT2D eigenvalue weighted by molar-refractivity contribution is -0.122. The van der Waals surface area contributed by atoms with Gasteiger partial charge in [-0.15, -0.1) is 0 Å². The SMILES string of the molecule is COc1ccc(CC(=O)C2CC3CC3C2)cc1F. The average Bonchev–Trinajstić information content (AvgIpc) is 2.96. The van der Waals surface area contributed by atoms with Crippen LogP contribution < -0.4 is 4.74 Å². The number of Topliss-reactive ketones (excluding diaryl/α,β-unsaturated/α-hetero) is 1. The number of halogens is 1. The van der Waals surface area contributed by atoms with Crippen molar-refractivity contribution in [2.45, 2.75) is 25.7 Å². The highest BCUT2D eigenvalue weighted by Crippen LogP contribution is 2.54. The largest absolute Gasteiger partial charge is 0.494 e. The highest BCUT2D eigenvalue weighted by Gasteiger charge is 2.47. The van der Waals surface area contributed by atoms with Gasteiger partial charge in [-0.1, -0.05) is 6.07 Å². The number of benzene rings is 1. The molecule has 0 bridgehead atoms. The summed E-state index contributed by atoms with van der Waals surface area (Å²) in [6, 6.07) is 4.77. The molecule has 0 saturated heterocycles. The summed E-state index contributed by atoms with van der Waals surface area (Å²) in [4.78, 5) is 12.1. The zero-order chi connectivity index (χ0) is 12.7. The molecule has 0 aliphatic heterocycles. The molecule has 18 heavy (non-hydrogen) atoms. The zero-order valence-electron chi connectivity index (χ0n) is 10.5. The fourth-order valence-corrected chi connectivity index (χ4v) is 3.14. The van der Waals surface area contributed by atoms with Crippen LogP contribution in [0, 0.1) is 23.6 Å². The van der Waals surface area contributed by atoms with E-state index in [-0.39, 0.29) is 17.5 Å². The van der Waals surface area contributed by atoms with E-state index in [2.05, 4.69) is 0 Å². The molecule has 2 unspecified atom stereocenters. The van der Waals surface area contributed by atoms with Crippen molar-refractivity contribution in [3.8, 4) is 5.75 Å². The summed E-state index contributed by atoms with van der Waals surface area (Å²) in [5.74, 6) is 1.95. The van der Waals surface area contributed by atoms with E-state index < -0.39 is 5.82 Å². The normalized spacial score (nSPS) is 28.9. The van der Waals surface area contributed by atoms with E-state index in [1.54, 1.807) is 12.1 Å². The van der Waals surface area contributed by atoms with E-state index in [1.807, 2.05) is 0 Å². The maximum atomic E-state index is 13.5. The number of ketones is 1. The lowest BCUT2D eigenvalue weighted by atomic mass is 9.93. The molecule has 0 radical (unpaired) electrons. The second-order valence-electron chi connectivity index (χ2n) is 5.54. The highest BCUT2D eigenvalue weighted by molar-refractivity contribution is 5.83. The number of rotatable bonds is 4. The topological polar surface area (TPSA) is 26.3 Å². The predicted octanol–water partition coefficient (Wildman–Crippen LogP) is 2.99. The van der Waals surface area contributed by atoms with Crippen LogP contribution in [-0.4, -0.2) is 12.9 Å². The van der Waals surface area contributed by atoms with Gasteiger partial charge in [0.25, 0.3) is 0 Å². The first kappa shape index (κ1) is 11.7. The molecular weight excluding hydrogens is 231 g/mol. The molecule has 3 rings (SSSR count). The first-order chi connectivity index (χ1) is 8.67. The van der Waals surface area contributed by atoms with E-state index in [0.717, 1.165) is 30.2 Å². The summed E-state index contributed by atoms with van der Waals surface area (Å²) in [5, 5.41) is 0. The molecule has 0 heterocycles. The van der Waals surface area contributed by atoms with Crippen LogP contribution in [0.15, 0.2) is 18.2 Å². The monoisotopic (exact) mass is 248 g/mol. The van der Waals surface area contributed by atoms with Crippen LogP contribution in [0.1, 0.15) is 24.8 Å². The molecule has 0 N–H and O–H groups in total. The van der Waals surface area contributed by atoms with Gasteiger partial charge in [0.05, 0.1) is 7.11 Å². The molecule has 2 saturated carbocycles. The first-order valence-electron chi connectivity index (χ1n) is 6.52. The van der Waals surface area contributed by atoms with Crippen LogP contribution in [0.5, 0.6) is 5.75 Å². The zero-order valence-corrected chi connectivity index (χ0v) is 10.5. The Morgan fingerprint density at radius 2 is 2.06 bits per heavy atom. The Kier molecular flexibility index (Phi) is 2.84. The Labute approximate surface area is 106 Å². The van der Waals surface area contributed by atoms with Gasteiger partial charge in [-0.05, 0) is 48.8 Å².